The molecule has 4 nitrogen and oxygen atoms in total. The molecule has 5 heteroatoms. The summed E-state index contributed by atoms with van der Waals surface area (Å²) in [5, 5.41) is 9.64. The Labute approximate surface area is 89.0 Å². The maximum atomic E-state index is 11.1. The molecule has 0 aliphatic rings. The number of ether oxygens (including phenoxy) is 1. The predicted octanol–water partition coefficient (Wildman–Crippen LogP) is 1.73. The van der Waals surface area contributed by atoms with Gasteiger partial charge in [0.05, 0.1) is 11.0 Å². The molecule has 0 saturated carbocycles. The van der Waals surface area contributed by atoms with Crippen molar-refractivity contribution in [2.24, 2.45) is 0 Å². The normalized spacial score (nSPS) is 11.1. The first kappa shape index (κ1) is 11.5. The van der Waals surface area contributed by atoms with Gasteiger partial charge in [-0.05, 0) is 38.1 Å². The average Bonchev–Trinajstić information content (AvgIpc) is 2.18. The second kappa shape index (κ2) is 4.32. The van der Waals surface area contributed by atoms with Crippen LogP contribution in [-0.4, -0.2) is 14.5 Å². The van der Waals surface area contributed by atoms with E-state index in [1.165, 1.54) is 29.7 Å². The summed E-state index contributed by atoms with van der Waals surface area (Å²) in [7, 11) is -3.79. The van der Waals surface area contributed by atoms with Gasteiger partial charge in [-0.2, -0.15) is 5.26 Å². The molecule has 0 unspecified atom stereocenters. The van der Waals surface area contributed by atoms with Crippen molar-refractivity contribution < 1.29 is 13.2 Å². The van der Waals surface area contributed by atoms with Crippen molar-refractivity contribution in [3.8, 4) is 11.2 Å². The predicted molar refractivity (Wildman–Crippen MR) is 55.0 cm³/mol. The number of sulfone groups is 1. The van der Waals surface area contributed by atoms with Crippen LogP contribution in [0.3, 0.4) is 0 Å². The third-order valence-electron chi connectivity index (χ3n) is 1.63. The first-order chi connectivity index (χ1) is 6.95. The molecule has 0 radical (unpaired) electrons. The molecule has 0 aliphatic carbocycles. The summed E-state index contributed by atoms with van der Waals surface area (Å²) in [6.07, 6.45) is 0.0309. The highest BCUT2D eigenvalue weighted by atomic mass is 32.2. The van der Waals surface area contributed by atoms with Crippen molar-refractivity contribution in [2.75, 3.05) is 0 Å². The van der Waals surface area contributed by atoms with Crippen molar-refractivity contribution in [2.45, 2.75) is 24.8 Å². The standard InChI is InChI=1S/C10H11NO3S/c1-8(2)14-9-3-5-10(6-4-9)15(12,13)7-11/h3-6,8H,1-2H3. The first-order valence-corrected chi connectivity index (χ1v) is 5.86. The van der Waals surface area contributed by atoms with E-state index in [9.17, 15) is 8.42 Å². The third kappa shape index (κ3) is 2.96. The van der Waals surface area contributed by atoms with E-state index in [0.29, 0.717) is 5.75 Å². The van der Waals surface area contributed by atoms with Gasteiger partial charge in [-0.1, -0.05) is 0 Å². The van der Waals surface area contributed by atoms with Crippen LogP contribution in [0.1, 0.15) is 13.8 Å². The molecule has 80 valence electrons. The largest absolute Gasteiger partial charge is 0.491 e. The van der Waals surface area contributed by atoms with Crippen LogP contribution in [-0.2, 0) is 9.84 Å². The molecule has 1 aromatic rings. The van der Waals surface area contributed by atoms with Gasteiger partial charge in [-0.15, -0.1) is 0 Å². The molecule has 0 N–H and O–H groups in total. The van der Waals surface area contributed by atoms with Crippen LogP contribution in [0.15, 0.2) is 29.2 Å². The summed E-state index contributed by atoms with van der Waals surface area (Å²) in [6, 6.07) is 5.78. The zero-order valence-corrected chi connectivity index (χ0v) is 9.28. The number of nitrogens with zero attached hydrogens (tertiary/aromatic N) is 1. The first-order valence-electron chi connectivity index (χ1n) is 4.38. The monoisotopic (exact) mass is 225 g/mol. The summed E-state index contributed by atoms with van der Waals surface area (Å²) in [5.74, 6) is 0.585. The number of rotatable bonds is 3. The Balaban J connectivity index is 2.97. The van der Waals surface area contributed by atoms with E-state index in [4.69, 9.17) is 10.00 Å². The molecule has 0 aliphatic heterocycles. The molecule has 0 aromatic heterocycles. The topological polar surface area (TPSA) is 67.2 Å². The number of hydrogen-bond acceptors (Lipinski definition) is 4. The van der Waals surface area contributed by atoms with Gasteiger partial charge in [0.25, 0.3) is 9.84 Å². The van der Waals surface area contributed by atoms with Crippen molar-refractivity contribution in [1.82, 2.24) is 0 Å². The lowest BCUT2D eigenvalue weighted by molar-refractivity contribution is 0.242. The quantitative estimate of drug-likeness (QED) is 0.580. The van der Waals surface area contributed by atoms with Gasteiger partial charge < -0.3 is 4.74 Å². The fraction of sp³-hybridized carbons (Fsp3) is 0.300. The minimum absolute atomic E-state index is 0.0129. The van der Waals surface area contributed by atoms with Gasteiger partial charge in [0.2, 0.25) is 0 Å². The second-order valence-electron chi connectivity index (χ2n) is 3.23. The van der Waals surface area contributed by atoms with E-state index in [0.717, 1.165) is 0 Å². The SMILES string of the molecule is CC(C)Oc1ccc(S(=O)(=O)C#N)cc1. The average molecular weight is 225 g/mol. The lowest BCUT2D eigenvalue weighted by atomic mass is 10.3. The highest BCUT2D eigenvalue weighted by molar-refractivity contribution is 7.95. The summed E-state index contributed by atoms with van der Waals surface area (Å²) in [6.45, 7) is 3.75. The minimum Gasteiger partial charge on any atom is -0.491 e. The second-order valence-corrected chi connectivity index (χ2v) is 4.89. The van der Waals surface area contributed by atoms with E-state index >= 15 is 0 Å². The molecule has 0 amide bonds. The third-order valence-corrected chi connectivity index (χ3v) is 2.76. The van der Waals surface area contributed by atoms with E-state index in [-0.39, 0.29) is 11.0 Å². The maximum absolute atomic E-state index is 11.1. The summed E-state index contributed by atoms with van der Waals surface area (Å²) >= 11 is 0. The van der Waals surface area contributed by atoms with Crippen molar-refractivity contribution in [1.29, 1.82) is 5.26 Å². The maximum Gasteiger partial charge on any atom is 0.269 e. The van der Waals surface area contributed by atoms with E-state index in [1.807, 2.05) is 13.8 Å². The summed E-state index contributed by atoms with van der Waals surface area (Å²) in [4.78, 5) is -0.0129. The van der Waals surface area contributed by atoms with Crippen molar-refractivity contribution in [3.63, 3.8) is 0 Å². The van der Waals surface area contributed by atoms with E-state index < -0.39 is 9.84 Å². The number of benzene rings is 1. The molecule has 0 heterocycles. The summed E-state index contributed by atoms with van der Waals surface area (Å²) in [5.41, 5.74) is 0. The van der Waals surface area contributed by atoms with Gasteiger partial charge >= 0.3 is 0 Å². The Morgan fingerprint density at radius 3 is 2.20 bits per heavy atom. The lowest BCUT2D eigenvalue weighted by Gasteiger charge is -2.09. The van der Waals surface area contributed by atoms with Gasteiger partial charge in [0, 0.05) is 0 Å². The number of hydrogen-bond donors (Lipinski definition) is 0. The highest BCUT2D eigenvalue weighted by Gasteiger charge is 2.12. The Kier molecular flexibility index (Phi) is 3.32. The summed E-state index contributed by atoms with van der Waals surface area (Å²) < 4.78 is 27.6. The Morgan fingerprint density at radius 1 is 1.27 bits per heavy atom. The fourth-order valence-electron chi connectivity index (χ4n) is 1.02. The number of thiocyanates is 1. The van der Waals surface area contributed by atoms with Crippen LogP contribution in [0.5, 0.6) is 5.75 Å². The smallest absolute Gasteiger partial charge is 0.269 e. The van der Waals surface area contributed by atoms with Gasteiger partial charge in [0.1, 0.15) is 5.75 Å². The molecule has 0 saturated heterocycles. The molecular formula is C10H11NO3S. The molecule has 0 fully saturated rings. The van der Waals surface area contributed by atoms with Crippen LogP contribution in [0.2, 0.25) is 0 Å². The van der Waals surface area contributed by atoms with Crippen LogP contribution >= 0.6 is 0 Å². The van der Waals surface area contributed by atoms with Crippen LogP contribution in [0.25, 0.3) is 0 Å². The molecule has 0 bridgehead atoms. The molecule has 0 spiro atoms. The van der Waals surface area contributed by atoms with Crippen LogP contribution in [0.4, 0.5) is 0 Å². The van der Waals surface area contributed by atoms with E-state index in [1.54, 1.807) is 0 Å². The molecular weight excluding hydrogens is 214 g/mol. The Morgan fingerprint density at radius 2 is 1.80 bits per heavy atom. The van der Waals surface area contributed by atoms with Crippen LogP contribution < -0.4 is 4.74 Å². The zero-order valence-electron chi connectivity index (χ0n) is 8.47. The highest BCUT2D eigenvalue weighted by Crippen LogP contribution is 2.17. The van der Waals surface area contributed by atoms with Gasteiger partial charge in [0.15, 0.2) is 5.40 Å². The fourth-order valence-corrected chi connectivity index (χ4v) is 1.62. The van der Waals surface area contributed by atoms with Crippen molar-refractivity contribution >= 4 is 9.84 Å². The lowest BCUT2D eigenvalue weighted by Crippen LogP contribution is -2.05. The zero-order chi connectivity index (χ0) is 11.5. The Hall–Kier alpha value is -1.54. The number of nitriles is 1. The molecule has 1 aromatic carbocycles. The molecule has 0 atom stereocenters. The van der Waals surface area contributed by atoms with Crippen molar-refractivity contribution in [3.05, 3.63) is 24.3 Å². The Bertz CT molecular complexity index is 468. The molecule has 15 heavy (non-hydrogen) atoms. The van der Waals surface area contributed by atoms with Gasteiger partial charge in [-0.25, -0.2) is 8.42 Å². The molecule has 1 rings (SSSR count). The van der Waals surface area contributed by atoms with E-state index in [2.05, 4.69) is 0 Å². The minimum atomic E-state index is -3.79. The van der Waals surface area contributed by atoms with Gasteiger partial charge in [-0.3, -0.25) is 0 Å². The van der Waals surface area contributed by atoms with Crippen LogP contribution in [0, 0.1) is 10.7 Å².